The Bertz CT molecular complexity index is 1500. The molecule has 3 aromatic heterocycles. The average molecular weight is 543 g/mol. The monoisotopic (exact) mass is 542 g/mol. The standard InChI is InChI=1S/C26H28F2N6O3S/c1-12-9-19-21(14(3)30-12)32-24(38-19)20-13(2)31-25(29-10-16-17(27)5-4-6-18(16)28)33-23(20)34-26(37)8-7-15(11-35)22(26)36/h4-6,9,15,22,35-37H,7-8,10-11H2,1-3H3,(H2,29,31,33,34). The fourth-order valence-corrected chi connectivity index (χ4v) is 6.05. The molecule has 4 aromatic rings. The second-order valence-corrected chi connectivity index (χ2v) is 10.6. The summed E-state index contributed by atoms with van der Waals surface area (Å²) in [7, 11) is 0. The molecule has 0 bridgehead atoms. The van der Waals surface area contributed by atoms with Crippen molar-refractivity contribution in [2.45, 2.75) is 52.0 Å². The highest BCUT2D eigenvalue weighted by Crippen LogP contribution is 2.41. The molecule has 0 saturated heterocycles. The van der Waals surface area contributed by atoms with Crippen LogP contribution in [0.25, 0.3) is 20.8 Å². The Morgan fingerprint density at radius 1 is 1.08 bits per heavy atom. The van der Waals surface area contributed by atoms with Gasteiger partial charge in [0.25, 0.3) is 0 Å². The van der Waals surface area contributed by atoms with Gasteiger partial charge in [-0.25, -0.2) is 18.7 Å². The lowest BCUT2D eigenvalue weighted by Gasteiger charge is -2.31. The van der Waals surface area contributed by atoms with Crippen LogP contribution in [0.5, 0.6) is 0 Å². The number of aliphatic hydroxyl groups is 3. The molecule has 5 rings (SSSR count). The summed E-state index contributed by atoms with van der Waals surface area (Å²) in [5.41, 5.74) is 1.45. The molecule has 3 unspecified atom stereocenters. The van der Waals surface area contributed by atoms with E-state index in [1.807, 2.05) is 19.9 Å². The van der Waals surface area contributed by atoms with E-state index in [0.29, 0.717) is 22.7 Å². The van der Waals surface area contributed by atoms with Gasteiger partial charge >= 0.3 is 0 Å². The van der Waals surface area contributed by atoms with Gasteiger partial charge in [-0.3, -0.25) is 4.98 Å². The van der Waals surface area contributed by atoms with Gasteiger partial charge in [0, 0.05) is 30.3 Å². The Morgan fingerprint density at radius 3 is 2.50 bits per heavy atom. The van der Waals surface area contributed by atoms with Crippen LogP contribution in [0.4, 0.5) is 20.5 Å². The topological polar surface area (TPSA) is 136 Å². The molecule has 0 amide bonds. The maximum atomic E-state index is 14.2. The lowest BCUT2D eigenvalue weighted by atomic mass is 10.0. The number of aliphatic hydroxyl groups excluding tert-OH is 2. The van der Waals surface area contributed by atoms with Crippen LogP contribution in [0.3, 0.4) is 0 Å². The first-order valence-electron chi connectivity index (χ1n) is 12.2. The minimum Gasteiger partial charge on any atom is -0.396 e. The van der Waals surface area contributed by atoms with Gasteiger partial charge in [-0.15, -0.1) is 11.3 Å². The van der Waals surface area contributed by atoms with Gasteiger partial charge in [0.05, 0.1) is 21.7 Å². The molecule has 1 aromatic carbocycles. The van der Waals surface area contributed by atoms with Crippen LogP contribution in [-0.4, -0.2) is 53.7 Å². The number of benzene rings is 1. The Kier molecular flexibility index (Phi) is 6.99. The highest BCUT2D eigenvalue weighted by atomic mass is 32.1. The number of hydrogen-bond donors (Lipinski definition) is 5. The minimum absolute atomic E-state index is 0.0704. The molecule has 1 aliphatic carbocycles. The van der Waals surface area contributed by atoms with E-state index >= 15 is 0 Å². The van der Waals surface area contributed by atoms with Crippen LogP contribution >= 0.6 is 11.3 Å². The number of thiazole rings is 1. The average Bonchev–Trinajstić information content (AvgIpc) is 3.39. The van der Waals surface area contributed by atoms with E-state index in [1.165, 1.54) is 29.5 Å². The number of halogens is 2. The van der Waals surface area contributed by atoms with E-state index in [2.05, 4.69) is 25.6 Å². The normalized spacial score (nSPS) is 21.3. The number of nitrogens with one attached hydrogen (secondary N) is 2. The van der Waals surface area contributed by atoms with Gasteiger partial charge in [0.2, 0.25) is 5.95 Å². The van der Waals surface area contributed by atoms with E-state index in [0.717, 1.165) is 21.6 Å². The molecule has 38 heavy (non-hydrogen) atoms. The highest BCUT2D eigenvalue weighted by molar-refractivity contribution is 7.21. The summed E-state index contributed by atoms with van der Waals surface area (Å²) in [6, 6.07) is 5.56. The van der Waals surface area contributed by atoms with E-state index in [9.17, 15) is 24.1 Å². The van der Waals surface area contributed by atoms with Crippen molar-refractivity contribution in [2.24, 2.45) is 5.92 Å². The first-order chi connectivity index (χ1) is 18.1. The molecule has 5 N–H and O–H groups in total. The Morgan fingerprint density at radius 2 is 1.82 bits per heavy atom. The number of aryl methyl sites for hydroxylation is 3. The van der Waals surface area contributed by atoms with Gasteiger partial charge in [0.15, 0.2) is 5.72 Å². The summed E-state index contributed by atoms with van der Waals surface area (Å²) in [5.74, 6) is -1.64. The second-order valence-electron chi connectivity index (χ2n) is 9.60. The maximum absolute atomic E-state index is 14.2. The van der Waals surface area contributed by atoms with Gasteiger partial charge < -0.3 is 26.0 Å². The zero-order valence-corrected chi connectivity index (χ0v) is 21.9. The fourth-order valence-electron chi connectivity index (χ4n) is 4.84. The van der Waals surface area contributed by atoms with Crippen molar-refractivity contribution in [1.82, 2.24) is 19.9 Å². The van der Waals surface area contributed by atoms with Gasteiger partial charge in [-0.2, -0.15) is 4.98 Å². The van der Waals surface area contributed by atoms with Crippen LogP contribution in [0.15, 0.2) is 24.3 Å². The molecule has 1 saturated carbocycles. The van der Waals surface area contributed by atoms with Crippen molar-refractivity contribution >= 4 is 33.3 Å². The van der Waals surface area contributed by atoms with E-state index in [-0.39, 0.29) is 36.9 Å². The predicted molar refractivity (Wildman–Crippen MR) is 141 cm³/mol. The number of anilines is 2. The summed E-state index contributed by atoms with van der Waals surface area (Å²) in [6.45, 7) is 5.04. The summed E-state index contributed by atoms with van der Waals surface area (Å²) >= 11 is 1.41. The lowest BCUT2D eigenvalue weighted by Crippen LogP contribution is -2.48. The van der Waals surface area contributed by atoms with Gasteiger partial charge in [-0.05, 0) is 51.8 Å². The lowest BCUT2D eigenvalue weighted by molar-refractivity contribution is -0.0545. The molecule has 0 aliphatic heterocycles. The maximum Gasteiger partial charge on any atom is 0.225 e. The third kappa shape index (κ3) is 4.80. The molecule has 12 heteroatoms. The third-order valence-corrected chi connectivity index (χ3v) is 7.89. The molecule has 1 aliphatic rings. The third-order valence-electron chi connectivity index (χ3n) is 6.87. The van der Waals surface area contributed by atoms with Crippen molar-refractivity contribution < 1.29 is 24.1 Å². The van der Waals surface area contributed by atoms with Gasteiger partial charge in [-0.1, -0.05) is 6.07 Å². The first kappa shape index (κ1) is 26.3. The number of aromatic nitrogens is 4. The fraction of sp³-hybridized carbons (Fsp3) is 0.385. The molecule has 3 heterocycles. The molecule has 3 atom stereocenters. The molecule has 0 spiro atoms. The van der Waals surface area contributed by atoms with Gasteiger partial charge in [0.1, 0.15) is 34.1 Å². The smallest absolute Gasteiger partial charge is 0.225 e. The quantitative estimate of drug-likeness (QED) is 0.221. The predicted octanol–water partition coefficient (Wildman–Crippen LogP) is 3.83. The molecular formula is C26H28F2N6O3S. The summed E-state index contributed by atoms with van der Waals surface area (Å²) in [6.07, 6.45) is -0.666. The Balaban J connectivity index is 1.58. The first-order valence-corrected chi connectivity index (χ1v) is 13.0. The number of rotatable bonds is 7. The summed E-state index contributed by atoms with van der Waals surface area (Å²) in [4.78, 5) is 18.3. The van der Waals surface area contributed by atoms with Crippen molar-refractivity contribution in [3.8, 4) is 10.6 Å². The molecule has 1 fully saturated rings. The Hall–Kier alpha value is -3.32. The van der Waals surface area contributed by atoms with Crippen LogP contribution < -0.4 is 10.6 Å². The van der Waals surface area contributed by atoms with E-state index in [4.69, 9.17) is 4.98 Å². The van der Waals surface area contributed by atoms with Crippen LogP contribution in [-0.2, 0) is 6.54 Å². The van der Waals surface area contributed by atoms with Crippen LogP contribution in [0, 0.1) is 38.3 Å². The van der Waals surface area contributed by atoms with Crippen molar-refractivity contribution in [1.29, 1.82) is 0 Å². The number of hydrogen-bond acceptors (Lipinski definition) is 10. The summed E-state index contributed by atoms with van der Waals surface area (Å²) in [5, 5.41) is 38.0. The SMILES string of the molecule is Cc1cc2sc(-c3c(C)nc(NCc4c(F)cccc4F)nc3NC3(O)CCC(CO)C3O)nc2c(C)n1. The number of nitrogens with zero attached hydrogens (tertiary/aromatic N) is 4. The van der Waals surface area contributed by atoms with Crippen LogP contribution in [0.1, 0.15) is 35.5 Å². The molecule has 0 radical (unpaired) electrons. The molecule has 9 nitrogen and oxygen atoms in total. The number of pyridine rings is 1. The largest absolute Gasteiger partial charge is 0.396 e. The summed E-state index contributed by atoms with van der Waals surface area (Å²) < 4.78 is 29.3. The van der Waals surface area contributed by atoms with E-state index < -0.39 is 29.4 Å². The highest BCUT2D eigenvalue weighted by Gasteiger charge is 2.47. The molecule has 200 valence electrons. The zero-order valence-electron chi connectivity index (χ0n) is 21.1. The minimum atomic E-state index is -1.76. The Labute approximate surface area is 221 Å². The zero-order chi connectivity index (χ0) is 27.2. The van der Waals surface area contributed by atoms with Crippen molar-refractivity contribution in [3.05, 3.63) is 58.5 Å². The molecular weight excluding hydrogens is 514 g/mol. The number of fused-ring (bicyclic) bond motifs is 1. The van der Waals surface area contributed by atoms with Crippen molar-refractivity contribution in [3.63, 3.8) is 0 Å². The van der Waals surface area contributed by atoms with E-state index in [1.54, 1.807) is 6.92 Å². The second kappa shape index (κ2) is 10.1. The van der Waals surface area contributed by atoms with Crippen LogP contribution in [0.2, 0.25) is 0 Å². The van der Waals surface area contributed by atoms with Crippen molar-refractivity contribution in [2.75, 3.05) is 17.2 Å².